The highest BCUT2D eigenvalue weighted by Gasteiger charge is 2.39. The number of aliphatic hydroxyl groups is 2. The van der Waals surface area contributed by atoms with Crippen molar-refractivity contribution < 1.29 is 29.7 Å². The molecule has 0 bridgehead atoms. The van der Waals surface area contributed by atoms with Gasteiger partial charge >= 0.3 is 5.97 Å². The van der Waals surface area contributed by atoms with Crippen LogP contribution in [-0.4, -0.2) is 44.4 Å². The van der Waals surface area contributed by atoms with Crippen molar-refractivity contribution in [1.82, 2.24) is 0 Å². The van der Waals surface area contributed by atoms with E-state index in [2.05, 4.69) is 5.16 Å². The van der Waals surface area contributed by atoms with E-state index in [0.717, 1.165) is 44.3 Å². The van der Waals surface area contributed by atoms with Crippen molar-refractivity contribution in [2.24, 2.45) is 17.0 Å². The van der Waals surface area contributed by atoms with Gasteiger partial charge in [-0.25, -0.2) is 0 Å². The molecule has 1 aliphatic carbocycles. The molecule has 1 heterocycles. The third-order valence-electron chi connectivity index (χ3n) is 6.02. The standard InChI is InChI=1S/C22H35NO6/c24-16(7-5-8-17-9-6-14-29-17)12-13-18-19(21(25)15-20(18)23-28)10-3-1-2-4-11-22(26)27/h6,9,14,16,18-19,21,24-25,28H,1-5,7-8,10-13,15H2,(H,26,27)/b23-20-. The summed E-state index contributed by atoms with van der Waals surface area (Å²) in [6.45, 7) is 0. The number of furan rings is 1. The predicted octanol–water partition coefficient (Wildman–Crippen LogP) is 4.00. The summed E-state index contributed by atoms with van der Waals surface area (Å²) >= 11 is 0. The van der Waals surface area contributed by atoms with Crippen molar-refractivity contribution in [2.75, 3.05) is 0 Å². The zero-order chi connectivity index (χ0) is 21.1. The number of unbranched alkanes of at least 4 members (excludes halogenated alkanes) is 3. The number of carboxylic acids is 1. The summed E-state index contributed by atoms with van der Waals surface area (Å²) in [5.41, 5.74) is 0.635. The summed E-state index contributed by atoms with van der Waals surface area (Å²) in [5.74, 6) is 0.196. The second-order valence-electron chi connectivity index (χ2n) is 8.18. The Balaban J connectivity index is 1.71. The molecule has 0 aliphatic heterocycles. The van der Waals surface area contributed by atoms with Gasteiger partial charge in [0, 0.05) is 25.2 Å². The number of carbonyl (C=O) groups is 1. The monoisotopic (exact) mass is 409 g/mol. The van der Waals surface area contributed by atoms with Crippen molar-refractivity contribution in [3.8, 4) is 0 Å². The first-order chi connectivity index (χ1) is 14.0. The summed E-state index contributed by atoms with van der Waals surface area (Å²) in [4.78, 5) is 10.6. The van der Waals surface area contributed by atoms with Gasteiger partial charge in [0.2, 0.25) is 0 Å². The van der Waals surface area contributed by atoms with E-state index in [-0.39, 0.29) is 18.3 Å². The van der Waals surface area contributed by atoms with E-state index in [0.29, 0.717) is 37.8 Å². The maximum absolute atomic E-state index is 10.6. The second-order valence-corrected chi connectivity index (χ2v) is 8.18. The lowest BCUT2D eigenvalue weighted by Gasteiger charge is -2.23. The van der Waals surface area contributed by atoms with E-state index >= 15 is 0 Å². The summed E-state index contributed by atoms with van der Waals surface area (Å²) in [7, 11) is 0. The third kappa shape index (κ3) is 8.19. The number of aryl methyl sites for hydroxylation is 1. The van der Waals surface area contributed by atoms with Crippen molar-refractivity contribution >= 4 is 11.7 Å². The molecule has 0 radical (unpaired) electrons. The molecule has 4 unspecified atom stereocenters. The van der Waals surface area contributed by atoms with Crippen LogP contribution in [0.4, 0.5) is 0 Å². The van der Waals surface area contributed by atoms with Crippen LogP contribution >= 0.6 is 0 Å². The Kier molecular flexibility index (Phi) is 10.2. The molecule has 1 aromatic rings. The Bertz CT molecular complexity index is 615. The molecule has 0 spiro atoms. The molecule has 4 atom stereocenters. The average Bonchev–Trinajstić information content (AvgIpc) is 3.30. The first-order valence-corrected chi connectivity index (χ1v) is 10.8. The molecule has 1 aromatic heterocycles. The van der Waals surface area contributed by atoms with E-state index in [4.69, 9.17) is 9.52 Å². The van der Waals surface area contributed by atoms with Crippen LogP contribution in [0, 0.1) is 11.8 Å². The van der Waals surface area contributed by atoms with Gasteiger partial charge in [0.05, 0.1) is 24.2 Å². The SMILES string of the molecule is O=C(O)CCCCCCC1C(O)C/C(=N/O)C1CCC(O)CCCc1ccco1. The number of aliphatic carboxylic acids is 1. The Morgan fingerprint density at radius 3 is 2.66 bits per heavy atom. The maximum atomic E-state index is 10.6. The number of aliphatic hydroxyl groups excluding tert-OH is 2. The van der Waals surface area contributed by atoms with Crippen molar-refractivity contribution in [3.05, 3.63) is 24.2 Å². The van der Waals surface area contributed by atoms with E-state index in [1.807, 2.05) is 12.1 Å². The molecule has 4 N–H and O–H groups in total. The van der Waals surface area contributed by atoms with Crippen LogP contribution in [0.1, 0.15) is 76.4 Å². The Labute approximate surface area is 172 Å². The molecule has 0 aromatic carbocycles. The lowest BCUT2D eigenvalue weighted by Crippen LogP contribution is -2.22. The number of oxime groups is 1. The number of hydrogen-bond acceptors (Lipinski definition) is 6. The van der Waals surface area contributed by atoms with Crippen LogP contribution in [0.25, 0.3) is 0 Å². The number of nitrogens with zero attached hydrogens (tertiary/aromatic N) is 1. The zero-order valence-electron chi connectivity index (χ0n) is 17.1. The van der Waals surface area contributed by atoms with Crippen LogP contribution in [0.2, 0.25) is 0 Å². The van der Waals surface area contributed by atoms with Gasteiger partial charge in [-0.1, -0.05) is 24.4 Å². The fourth-order valence-electron chi connectivity index (χ4n) is 4.41. The minimum absolute atomic E-state index is 0.00579. The molecule has 0 saturated heterocycles. The molecular formula is C22H35NO6. The van der Waals surface area contributed by atoms with Gasteiger partial charge < -0.3 is 24.9 Å². The first kappa shape index (κ1) is 23.4. The predicted molar refractivity (Wildman–Crippen MR) is 109 cm³/mol. The van der Waals surface area contributed by atoms with Gasteiger partial charge in [-0.2, -0.15) is 0 Å². The van der Waals surface area contributed by atoms with Gasteiger partial charge in [0.1, 0.15) is 5.76 Å². The highest BCUT2D eigenvalue weighted by Crippen LogP contribution is 2.37. The van der Waals surface area contributed by atoms with Gasteiger partial charge in [0.25, 0.3) is 0 Å². The summed E-state index contributed by atoms with van der Waals surface area (Å²) < 4.78 is 5.30. The van der Waals surface area contributed by atoms with Gasteiger partial charge in [-0.15, -0.1) is 0 Å². The second kappa shape index (κ2) is 12.6. The molecule has 1 saturated carbocycles. The number of rotatable bonds is 14. The largest absolute Gasteiger partial charge is 0.481 e. The number of hydrogen-bond donors (Lipinski definition) is 4. The Morgan fingerprint density at radius 2 is 1.97 bits per heavy atom. The van der Waals surface area contributed by atoms with Crippen LogP contribution in [0.5, 0.6) is 0 Å². The number of carboxylic acid groups (broad SMARTS) is 1. The van der Waals surface area contributed by atoms with Crippen LogP contribution in [0.3, 0.4) is 0 Å². The van der Waals surface area contributed by atoms with Gasteiger partial charge in [-0.3, -0.25) is 4.79 Å². The molecule has 1 aliphatic rings. The molecule has 0 amide bonds. The molecule has 7 heteroatoms. The van der Waals surface area contributed by atoms with E-state index in [1.165, 1.54) is 0 Å². The molecule has 164 valence electrons. The van der Waals surface area contributed by atoms with Crippen LogP contribution < -0.4 is 0 Å². The fraction of sp³-hybridized carbons (Fsp3) is 0.727. The fourth-order valence-corrected chi connectivity index (χ4v) is 4.41. The Morgan fingerprint density at radius 1 is 1.17 bits per heavy atom. The summed E-state index contributed by atoms with van der Waals surface area (Å²) in [6.07, 6.45) is 9.20. The zero-order valence-corrected chi connectivity index (χ0v) is 17.1. The van der Waals surface area contributed by atoms with Crippen molar-refractivity contribution in [3.63, 3.8) is 0 Å². The van der Waals surface area contributed by atoms with E-state index < -0.39 is 18.2 Å². The van der Waals surface area contributed by atoms with Crippen molar-refractivity contribution in [2.45, 2.75) is 89.3 Å². The van der Waals surface area contributed by atoms with E-state index in [1.54, 1.807) is 6.26 Å². The van der Waals surface area contributed by atoms with Crippen LogP contribution in [-0.2, 0) is 11.2 Å². The first-order valence-electron chi connectivity index (χ1n) is 10.8. The maximum Gasteiger partial charge on any atom is 0.303 e. The minimum atomic E-state index is -0.761. The summed E-state index contributed by atoms with van der Waals surface area (Å²) in [5, 5.41) is 42.2. The molecular weight excluding hydrogens is 374 g/mol. The normalized spacial score (nSPS) is 24.2. The van der Waals surface area contributed by atoms with Crippen LogP contribution in [0.15, 0.2) is 28.0 Å². The Hall–Kier alpha value is -1.86. The minimum Gasteiger partial charge on any atom is -0.481 e. The molecule has 2 rings (SSSR count). The van der Waals surface area contributed by atoms with Gasteiger partial charge in [-0.05, 0) is 56.6 Å². The molecule has 1 fully saturated rings. The lowest BCUT2D eigenvalue weighted by atomic mass is 9.84. The van der Waals surface area contributed by atoms with Crippen molar-refractivity contribution in [1.29, 1.82) is 0 Å². The van der Waals surface area contributed by atoms with Gasteiger partial charge in [0.15, 0.2) is 0 Å². The topological polar surface area (TPSA) is 123 Å². The lowest BCUT2D eigenvalue weighted by molar-refractivity contribution is -0.137. The molecule has 29 heavy (non-hydrogen) atoms. The highest BCUT2D eigenvalue weighted by atomic mass is 16.4. The van der Waals surface area contributed by atoms with E-state index in [9.17, 15) is 20.2 Å². The average molecular weight is 410 g/mol. The highest BCUT2D eigenvalue weighted by molar-refractivity contribution is 5.89. The quantitative estimate of drug-likeness (QED) is 0.209. The molecule has 7 nitrogen and oxygen atoms in total. The smallest absolute Gasteiger partial charge is 0.303 e. The third-order valence-corrected chi connectivity index (χ3v) is 6.02. The summed E-state index contributed by atoms with van der Waals surface area (Å²) in [6, 6.07) is 3.79.